The van der Waals surface area contributed by atoms with Gasteiger partial charge in [-0.1, -0.05) is 18.2 Å². The Morgan fingerprint density at radius 3 is 2.80 bits per heavy atom. The molecule has 0 radical (unpaired) electrons. The normalized spacial score (nSPS) is 25.1. The zero-order chi connectivity index (χ0) is 10.7. The molecule has 4 heteroatoms. The molecular formula is C11H13NO3. The second-order valence-electron chi connectivity index (χ2n) is 3.53. The molecule has 1 saturated heterocycles. The molecule has 80 valence electrons. The van der Waals surface area contributed by atoms with Gasteiger partial charge in [-0.05, 0) is 25.1 Å². The van der Waals surface area contributed by atoms with E-state index in [9.17, 15) is 4.79 Å². The molecule has 1 aliphatic heterocycles. The summed E-state index contributed by atoms with van der Waals surface area (Å²) in [7, 11) is 0. The van der Waals surface area contributed by atoms with Crippen LogP contribution in [0.1, 0.15) is 6.42 Å². The molecule has 1 aliphatic rings. The van der Waals surface area contributed by atoms with Gasteiger partial charge in [0.05, 0.1) is 0 Å². The molecule has 2 rings (SSSR count). The molecule has 0 bridgehead atoms. The van der Waals surface area contributed by atoms with Crippen LogP contribution in [0.15, 0.2) is 30.3 Å². The molecule has 2 atom stereocenters. The zero-order valence-electron chi connectivity index (χ0n) is 8.22. The largest absolute Gasteiger partial charge is 0.488 e. The summed E-state index contributed by atoms with van der Waals surface area (Å²) in [4.78, 5) is 10.9. The fraction of sp³-hybridized carbons (Fsp3) is 0.364. The van der Waals surface area contributed by atoms with Crippen LogP contribution in [0.2, 0.25) is 0 Å². The fourth-order valence-corrected chi connectivity index (χ4v) is 1.73. The number of nitrogens with one attached hydrogen (secondary N) is 1. The van der Waals surface area contributed by atoms with E-state index in [1.165, 1.54) is 0 Å². The third kappa shape index (κ3) is 2.27. The van der Waals surface area contributed by atoms with Crippen LogP contribution >= 0.6 is 0 Å². The first kappa shape index (κ1) is 9.98. The van der Waals surface area contributed by atoms with E-state index >= 15 is 0 Å². The number of carbonyl (C=O) groups is 1. The molecule has 15 heavy (non-hydrogen) atoms. The minimum atomic E-state index is -0.853. The first-order valence-electron chi connectivity index (χ1n) is 4.95. The monoisotopic (exact) mass is 207 g/mol. The first-order valence-corrected chi connectivity index (χ1v) is 4.95. The number of carboxylic acids is 1. The third-order valence-corrected chi connectivity index (χ3v) is 2.46. The first-order chi connectivity index (χ1) is 7.27. The van der Waals surface area contributed by atoms with Crippen LogP contribution in [0.5, 0.6) is 5.75 Å². The van der Waals surface area contributed by atoms with Gasteiger partial charge in [0.1, 0.15) is 17.9 Å². The number of ether oxygens (including phenoxy) is 1. The molecule has 0 aliphatic carbocycles. The van der Waals surface area contributed by atoms with E-state index in [4.69, 9.17) is 9.84 Å². The zero-order valence-corrected chi connectivity index (χ0v) is 8.22. The highest BCUT2D eigenvalue weighted by Crippen LogP contribution is 2.17. The third-order valence-electron chi connectivity index (χ3n) is 2.46. The average molecular weight is 207 g/mol. The van der Waals surface area contributed by atoms with Crippen molar-refractivity contribution >= 4 is 5.97 Å². The molecule has 0 saturated carbocycles. The Balaban J connectivity index is 2.03. The van der Waals surface area contributed by atoms with E-state index in [1.807, 2.05) is 30.3 Å². The van der Waals surface area contributed by atoms with Gasteiger partial charge in [0.2, 0.25) is 0 Å². The lowest BCUT2D eigenvalue weighted by Crippen LogP contribution is -2.41. The standard InChI is InChI=1S/C11H13NO3/c13-11(14)10-9(6-7-12-10)15-8-4-2-1-3-5-8/h1-5,9-10,12H,6-7H2,(H,13,14)/t9-,10+/m1/s1. The van der Waals surface area contributed by atoms with Gasteiger partial charge in [0.25, 0.3) is 0 Å². The van der Waals surface area contributed by atoms with Crippen LogP contribution in [-0.2, 0) is 4.79 Å². The summed E-state index contributed by atoms with van der Waals surface area (Å²) in [5.74, 6) is -0.133. The predicted octanol–water partition coefficient (Wildman–Crippen LogP) is 0.880. The highest BCUT2D eigenvalue weighted by molar-refractivity contribution is 5.74. The molecule has 0 unspecified atom stereocenters. The van der Waals surface area contributed by atoms with Gasteiger partial charge in [0, 0.05) is 0 Å². The maximum absolute atomic E-state index is 10.9. The maximum atomic E-state index is 10.9. The van der Waals surface area contributed by atoms with Gasteiger partial charge in [0.15, 0.2) is 0 Å². The number of aliphatic carboxylic acids is 1. The van der Waals surface area contributed by atoms with Crippen molar-refractivity contribution < 1.29 is 14.6 Å². The van der Waals surface area contributed by atoms with Crippen molar-refractivity contribution in [1.82, 2.24) is 5.32 Å². The summed E-state index contributed by atoms with van der Waals surface area (Å²) in [5.41, 5.74) is 0. The molecule has 0 amide bonds. The molecule has 4 nitrogen and oxygen atoms in total. The van der Waals surface area contributed by atoms with E-state index in [0.29, 0.717) is 6.54 Å². The molecule has 1 fully saturated rings. The number of hydrogen-bond acceptors (Lipinski definition) is 3. The topological polar surface area (TPSA) is 58.6 Å². The SMILES string of the molecule is O=C(O)[C@H]1NCC[C@H]1Oc1ccccc1. The molecule has 1 aromatic carbocycles. The van der Waals surface area contributed by atoms with Gasteiger partial charge < -0.3 is 15.2 Å². The van der Waals surface area contributed by atoms with E-state index in [-0.39, 0.29) is 6.10 Å². The Bertz CT molecular complexity index is 339. The lowest BCUT2D eigenvalue weighted by molar-refractivity contribution is -0.140. The number of hydrogen-bond donors (Lipinski definition) is 2. The van der Waals surface area contributed by atoms with E-state index in [2.05, 4.69) is 5.32 Å². The highest BCUT2D eigenvalue weighted by Gasteiger charge is 2.34. The lowest BCUT2D eigenvalue weighted by atomic mass is 10.2. The number of para-hydroxylation sites is 1. The molecule has 1 heterocycles. The Morgan fingerprint density at radius 1 is 1.40 bits per heavy atom. The predicted molar refractivity (Wildman–Crippen MR) is 54.9 cm³/mol. The second-order valence-corrected chi connectivity index (χ2v) is 3.53. The summed E-state index contributed by atoms with van der Waals surface area (Å²) in [5, 5.41) is 11.8. The number of carboxylic acid groups (broad SMARTS) is 1. The molecule has 0 aromatic heterocycles. The van der Waals surface area contributed by atoms with Crippen molar-refractivity contribution in [1.29, 1.82) is 0 Å². The van der Waals surface area contributed by atoms with Crippen LogP contribution in [-0.4, -0.2) is 29.8 Å². The molecule has 0 spiro atoms. The van der Waals surface area contributed by atoms with Gasteiger partial charge in [-0.3, -0.25) is 4.79 Å². The Hall–Kier alpha value is -1.55. The Labute approximate surface area is 87.9 Å². The average Bonchev–Trinajstić information content (AvgIpc) is 2.67. The lowest BCUT2D eigenvalue weighted by Gasteiger charge is -2.17. The Morgan fingerprint density at radius 2 is 2.13 bits per heavy atom. The number of rotatable bonds is 3. The van der Waals surface area contributed by atoms with Crippen LogP contribution in [0.3, 0.4) is 0 Å². The quantitative estimate of drug-likeness (QED) is 0.772. The summed E-state index contributed by atoms with van der Waals surface area (Å²) in [6, 6.07) is 8.70. The minimum Gasteiger partial charge on any atom is -0.488 e. The summed E-state index contributed by atoms with van der Waals surface area (Å²) >= 11 is 0. The smallest absolute Gasteiger partial charge is 0.324 e. The van der Waals surface area contributed by atoms with Gasteiger partial charge >= 0.3 is 5.97 Å². The van der Waals surface area contributed by atoms with Gasteiger partial charge in [-0.25, -0.2) is 0 Å². The van der Waals surface area contributed by atoms with Crippen molar-refractivity contribution in [2.75, 3.05) is 6.54 Å². The fourth-order valence-electron chi connectivity index (χ4n) is 1.73. The maximum Gasteiger partial charge on any atom is 0.324 e. The van der Waals surface area contributed by atoms with Crippen LogP contribution in [0.25, 0.3) is 0 Å². The van der Waals surface area contributed by atoms with Crippen molar-refractivity contribution in [3.63, 3.8) is 0 Å². The molecule has 1 aromatic rings. The Kier molecular flexibility index (Phi) is 2.87. The van der Waals surface area contributed by atoms with Crippen LogP contribution in [0.4, 0.5) is 0 Å². The van der Waals surface area contributed by atoms with E-state index in [0.717, 1.165) is 12.2 Å². The van der Waals surface area contributed by atoms with E-state index < -0.39 is 12.0 Å². The van der Waals surface area contributed by atoms with Crippen molar-refractivity contribution in [2.24, 2.45) is 0 Å². The van der Waals surface area contributed by atoms with Gasteiger partial charge in [-0.2, -0.15) is 0 Å². The highest BCUT2D eigenvalue weighted by atomic mass is 16.5. The molecular weight excluding hydrogens is 194 g/mol. The second kappa shape index (κ2) is 4.31. The van der Waals surface area contributed by atoms with Crippen molar-refractivity contribution in [3.8, 4) is 5.75 Å². The van der Waals surface area contributed by atoms with Crippen molar-refractivity contribution in [2.45, 2.75) is 18.6 Å². The summed E-state index contributed by atoms with van der Waals surface area (Å²) < 4.78 is 5.61. The van der Waals surface area contributed by atoms with Crippen molar-refractivity contribution in [3.05, 3.63) is 30.3 Å². The summed E-state index contributed by atoms with van der Waals surface area (Å²) in [6.45, 7) is 0.689. The minimum absolute atomic E-state index is 0.273. The molecule has 2 N–H and O–H groups in total. The van der Waals surface area contributed by atoms with Crippen LogP contribution < -0.4 is 10.1 Å². The van der Waals surface area contributed by atoms with Crippen LogP contribution in [0, 0.1) is 0 Å². The summed E-state index contributed by atoms with van der Waals surface area (Å²) in [6.07, 6.45) is 0.455. The van der Waals surface area contributed by atoms with Gasteiger partial charge in [-0.15, -0.1) is 0 Å². The van der Waals surface area contributed by atoms with E-state index in [1.54, 1.807) is 0 Å². The number of benzene rings is 1.